The summed E-state index contributed by atoms with van der Waals surface area (Å²) in [6.45, 7) is 5.30. The molecule has 1 aromatic heterocycles. The summed E-state index contributed by atoms with van der Waals surface area (Å²) in [6, 6.07) is 7.74. The van der Waals surface area contributed by atoms with Crippen molar-refractivity contribution in [2.24, 2.45) is 5.92 Å². The number of rotatable bonds is 6. The first-order valence-corrected chi connectivity index (χ1v) is 9.69. The summed E-state index contributed by atoms with van der Waals surface area (Å²) in [5.74, 6) is 1.65. The Balaban J connectivity index is 1.70. The van der Waals surface area contributed by atoms with Crippen LogP contribution < -0.4 is 14.8 Å². The van der Waals surface area contributed by atoms with E-state index in [1.165, 1.54) is 4.88 Å². The monoisotopic (exact) mass is 379 g/mol. The third-order valence-corrected chi connectivity index (χ3v) is 5.22. The fraction of sp³-hybridized carbons (Fsp3) is 0.421. The molecule has 1 atom stereocenters. The lowest BCUT2D eigenvalue weighted by atomic mass is 10.0. The van der Waals surface area contributed by atoms with E-state index in [2.05, 4.69) is 25.2 Å². The van der Waals surface area contributed by atoms with E-state index in [-0.39, 0.29) is 18.4 Å². The Labute approximate surface area is 157 Å². The third-order valence-electron chi connectivity index (χ3n) is 3.95. The first-order chi connectivity index (χ1) is 12.0. The molecule has 0 saturated heterocycles. The van der Waals surface area contributed by atoms with Crippen molar-refractivity contribution >= 4 is 28.8 Å². The molecule has 0 aliphatic carbocycles. The molecule has 0 bridgehead atoms. The predicted molar refractivity (Wildman–Crippen MR) is 101 cm³/mol. The smallest absolute Gasteiger partial charge is 0.224 e. The molecule has 1 unspecified atom stereocenters. The predicted octanol–water partition coefficient (Wildman–Crippen LogP) is 4.62. The number of carbonyl (C=O) groups is 1. The van der Waals surface area contributed by atoms with Crippen molar-refractivity contribution in [3.63, 3.8) is 0 Å². The van der Waals surface area contributed by atoms with Crippen LogP contribution >= 0.6 is 22.9 Å². The van der Waals surface area contributed by atoms with Crippen molar-refractivity contribution in [2.75, 3.05) is 13.2 Å². The van der Waals surface area contributed by atoms with Crippen molar-refractivity contribution < 1.29 is 14.3 Å². The van der Waals surface area contributed by atoms with Gasteiger partial charge in [-0.1, -0.05) is 31.5 Å². The minimum Gasteiger partial charge on any atom is -0.486 e. The molecule has 0 radical (unpaired) electrons. The Hall–Kier alpha value is -1.72. The lowest BCUT2D eigenvalue weighted by molar-refractivity contribution is -0.121. The molecule has 1 N–H and O–H groups in total. The van der Waals surface area contributed by atoms with E-state index in [1.807, 2.05) is 17.5 Å². The van der Waals surface area contributed by atoms with Gasteiger partial charge in [-0.15, -0.1) is 11.3 Å². The Morgan fingerprint density at radius 2 is 2.12 bits per heavy atom. The number of thiophene rings is 1. The zero-order valence-electron chi connectivity index (χ0n) is 14.4. The Kier molecular flexibility index (Phi) is 5.86. The average molecular weight is 380 g/mol. The van der Waals surface area contributed by atoms with Crippen LogP contribution in [0, 0.1) is 5.92 Å². The van der Waals surface area contributed by atoms with Gasteiger partial charge in [0, 0.05) is 4.88 Å². The Morgan fingerprint density at radius 3 is 2.84 bits per heavy atom. The summed E-state index contributed by atoms with van der Waals surface area (Å²) in [7, 11) is 0. The van der Waals surface area contributed by atoms with Crippen molar-refractivity contribution in [1.82, 2.24) is 5.32 Å². The zero-order valence-corrected chi connectivity index (χ0v) is 16.0. The number of nitrogens with one attached hydrogen (secondary N) is 1. The number of fused-ring (bicyclic) bond motifs is 1. The first kappa shape index (κ1) is 18.1. The molecule has 0 spiro atoms. The lowest BCUT2D eigenvalue weighted by Crippen LogP contribution is -2.30. The lowest BCUT2D eigenvalue weighted by Gasteiger charge is -2.21. The second kappa shape index (κ2) is 8.11. The fourth-order valence-corrected chi connectivity index (χ4v) is 3.98. The summed E-state index contributed by atoms with van der Waals surface area (Å²) < 4.78 is 11.1. The van der Waals surface area contributed by atoms with Crippen molar-refractivity contribution in [3.05, 3.63) is 45.1 Å². The van der Waals surface area contributed by atoms with Gasteiger partial charge in [0.25, 0.3) is 0 Å². The highest BCUT2D eigenvalue weighted by Crippen LogP contribution is 2.38. The topological polar surface area (TPSA) is 47.6 Å². The summed E-state index contributed by atoms with van der Waals surface area (Å²) in [6.07, 6.45) is 1.17. The van der Waals surface area contributed by atoms with Crippen LogP contribution in [0.15, 0.2) is 29.6 Å². The van der Waals surface area contributed by atoms with Crippen LogP contribution in [0.2, 0.25) is 5.02 Å². The second-order valence-corrected chi connectivity index (χ2v) is 7.93. The van der Waals surface area contributed by atoms with Crippen LogP contribution in [0.4, 0.5) is 0 Å². The van der Waals surface area contributed by atoms with Crippen LogP contribution in [-0.4, -0.2) is 19.1 Å². The molecule has 3 rings (SSSR count). The normalized spacial score (nSPS) is 14.4. The SMILES string of the molecule is CC(C)CC(NC(=O)Cc1cc(Cl)c2c(c1)OCCO2)c1cccs1. The number of benzene rings is 1. The van der Waals surface area contributed by atoms with Gasteiger partial charge in [0.1, 0.15) is 13.2 Å². The van der Waals surface area contributed by atoms with Crippen LogP contribution in [0.25, 0.3) is 0 Å². The van der Waals surface area contributed by atoms with Crippen molar-refractivity contribution in [3.8, 4) is 11.5 Å². The summed E-state index contributed by atoms with van der Waals surface area (Å²) in [4.78, 5) is 13.7. The Morgan fingerprint density at radius 1 is 1.32 bits per heavy atom. The van der Waals surface area contributed by atoms with Crippen LogP contribution in [-0.2, 0) is 11.2 Å². The summed E-state index contributed by atoms with van der Waals surface area (Å²) >= 11 is 7.92. The number of hydrogen-bond donors (Lipinski definition) is 1. The van der Waals surface area contributed by atoms with Gasteiger partial charge in [0.05, 0.1) is 17.5 Å². The van der Waals surface area contributed by atoms with Crippen LogP contribution in [0.1, 0.15) is 36.8 Å². The number of ether oxygens (including phenoxy) is 2. The molecule has 2 heterocycles. The summed E-state index contributed by atoms with van der Waals surface area (Å²) in [5.41, 5.74) is 0.821. The molecule has 4 nitrogen and oxygen atoms in total. The van der Waals surface area contributed by atoms with Gasteiger partial charge in [-0.2, -0.15) is 0 Å². The number of carbonyl (C=O) groups excluding carboxylic acids is 1. The van der Waals surface area contributed by atoms with E-state index in [0.29, 0.717) is 35.7 Å². The fourth-order valence-electron chi connectivity index (χ4n) is 2.90. The molecular formula is C19H22ClNO3S. The first-order valence-electron chi connectivity index (χ1n) is 8.43. The van der Waals surface area contributed by atoms with Gasteiger partial charge in [0.15, 0.2) is 11.5 Å². The maximum Gasteiger partial charge on any atom is 0.224 e. The summed E-state index contributed by atoms with van der Waals surface area (Å²) in [5, 5.41) is 5.68. The van der Waals surface area contributed by atoms with Gasteiger partial charge in [-0.05, 0) is 41.5 Å². The van der Waals surface area contributed by atoms with Gasteiger partial charge in [-0.3, -0.25) is 4.79 Å². The maximum absolute atomic E-state index is 12.6. The van der Waals surface area contributed by atoms with E-state index < -0.39 is 0 Å². The number of halogens is 1. The molecule has 2 aromatic rings. The maximum atomic E-state index is 12.6. The van der Waals surface area contributed by atoms with E-state index >= 15 is 0 Å². The molecule has 0 saturated carbocycles. The van der Waals surface area contributed by atoms with E-state index in [9.17, 15) is 4.79 Å². The van der Waals surface area contributed by atoms with Crippen molar-refractivity contribution in [2.45, 2.75) is 32.7 Å². The molecule has 6 heteroatoms. The number of amides is 1. The van der Waals surface area contributed by atoms with Gasteiger partial charge < -0.3 is 14.8 Å². The zero-order chi connectivity index (χ0) is 17.8. The van der Waals surface area contributed by atoms with E-state index in [0.717, 1.165) is 12.0 Å². The molecule has 1 aliphatic rings. The third kappa shape index (κ3) is 4.67. The largest absolute Gasteiger partial charge is 0.486 e. The molecule has 1 amide bonds. The quantitative estimate of drug-likeness (QED) is 0.796. The van der Waals surface area contributed by atoms with Crippen LogP contribution in [0.5, 0.6) is 11.5 Å². The highest BCUT2D eigenvalue weighted by Gasteiger charge is 2.20. The van der Waals surface area contributed by atoms with Gasteiger partial charge >= 0.3 is 0 Å². The van der Waals surface area contributed by atoms with Gasteiger partial charge in [0.2, 0.25) is 5.91 Å². The van der Waals surface area contributed by atoms with Crippen LogP contribution in [0.3, 0.4) is 0 Å². The minimum atomic E-state index is -0.0215. The van der Waals surface area contributed by atoms with Crippen molar-refractivity contribution in [1.29, 1.82) is 0 Å². The molecule has 0 fully saturated rings. The van der Waals surface area contributed by atoms with Gasteiger partial charge in [-0.25, -0.2) is 0 Å². The molecule has 25 heavy (non-hydrogen) atoms. The highest BCUT2D eigenvalue weighted by atomic mass is 35.5. The van der Waals surface area contributed by atoms with E-state index in [1.54, 1.807) is 17.4 Å². The average Bonchev–Trinajstić information content (AvgIpc) is 3.08. The Bertz CT molecular complexity index is 731. The highest BCUT2D eigenvalue weighted by molar-refractivity contribution is 7.10. The molecule has 1 aromatic carbocycles. The standard InChI is InChI=1S/C19H22ClNO3S/c1-12(2)8-15(17-4-3-7-25-17)21-18(22)11-13-9-14(20)19-16(10-13)23-5-6-24-19/h3-4,7,9-10,12,15H,5-6,8,11H2,1-2H3,(H,21,22). The molecule has 1 aliphatic heterocycles. The molecule has 134 valence electrons. The molecular weight excluding hydrogens is 358 g/mol. The van der Waals surface area contributed by atoms with E-state index in [4.69, 9.17) is 21.1 Å². The number of hydrogen-bond acceptors (Lipinski definition) is 4. The second-order valence-electron chi connectivity index (χ2n) is 6.54. The minimum absolute atomic E-state index is 0.0215.